The molecule has 0 spiro atoms. The molecule has 0 aliphatic rings. The molecule has 0 radical (unpaired) electrons. The van der Waals surface area contributed by atoms with Gasteiger partial charge in [-0.15, -0.1) is 0 Å². The molecular weight excluding hydrogens is 605 g/mol. The predicted octanol–water partition coefficient (Wildman–Crippen LogP) is 12.9. The van der Waals surface area contributed by atoms with E-state index >= 15 is 0 Å². The van der Waals surface area contributed by atoms with Crippen LogP contribution in [0.5, 0.6) is 0 Å². The Morgan fingerprint density at radius 3 is 1.18 bits per heavy atom. The molecule has 0 bridgehead atoms. The van der Waals surface area contributed by atoms with Crippen molar-refractivity contribution in [2.45, 2.75) is 0 Å². The first-order chi connectivity index (χ1) is 24.8. The number of nitrogens with zero attached hydrogens (tertiary/aromatic N) is 2. The number of hydrogen-bond acceptors (Lipinski definition) is 0. The summed E-state index contributed by atoms with van der Waals surface area (Å²) in [5.41, 5.74) is 14.3. The quantitative estimate of drug-likeness (QED) is 0.178. The van der Waals surface area contributed by atoms with E-state index in [1.165, 1.54) is 82.7 Å². The van der Waals surface area contributed by atoms with E-state index < -0.39 is 0 Å². The molecule has 0 amide bonds. The van der Waals surface area contributed by atoms with Crippen LogP contribution in [-0.4, -0.2) is 9.13 Å². The zero-order chi connectivity index (χ0) is 33.0. The zero-order valence-corrected chi connectivity index (χ0v) is 27.4. The van der Waals surface area contributed by atoms with Gasteiger partial charge in [0.25, 0.3) is 0 Å². The smallest absolute Gasteiger partial charge is 0.0541 e. The highest BCUT2D eigenvalue weighted by molar-refractivity contribution is 6.12. The van der Waals surface area contributed by atoms with E-state index in [2.05, 4.69) is 203 Å². The predicted molar refractivity (Wildman–Crippen MR) is 211 cm³/mol. The molecule has 0 unspecified atom stereocenters. The van der Waals surface area contributed by atoms with Crippen LogP contribution in [0.2, 0.25) is 0 Å². The summed E-state index contributed by atoms with van der Waals surface area (Å²) in [6, 6.07) is 70.5. The van der Waals surface area contributed by atoms with Crippen molar-refractivity contribution in [3.05, 3.63) is 194 Å². The lowest BCUT2D eigenvalue weighted by Gasteiger charge is -2.14. The summed E-state index contributed by atoms with van der Waals surface area (Å²) >= 11 is 0. The average molecular weight is 637 g/mol. The van der Waals surface area contributed by atoms with Crippen LogP contribution < -0.4 is 0 Å². The van der Waals surface area contributed by atoms with Crippen LogP contribution in [-0.2, 0) is 0 Å². The normalized spacial score (nSPS) is 11.6. The van der Waals surface area contributed by atoms with Crippen molar-refractivity contribution in [2.24, 2.45) is 0 Å². The molecule has 0 fully saturated rings. The fourth-order valence-corrected chi connectivity index (χ4v) is 7.77. The minimum Gasteiger partial charge on any atom is -0.309 e. The minimum atomic E-state index is 1.15. The van der Waals surface area contributed by atoms with Crippen molar-refractivity contribution >= 4 is 43.6 Å². The number of para-hydroxylation sites is 3. The molecule has 10 rings (SSSR count). The van der Waals surface area contributed by atoms with Crippen molar-refractivity contribution in [3.8, 4) is 44.8 Å². The van der Waals surface area contributed by atoms with Gasteiger partial charge in [-0.3, -0.25) is 0 Å². The van der Waals surface area contributed by atoms with E-state index in [-0.39, 0.29) is 0 Å². The second kappa shape index (κ2) is 11.5. The van der Waals surface area contributed by atoms with Crippen molar-refractivity contribution in [1.82, 2.24) is 9.13 Å². The van der Waals surface area contributed by atoms with Crippen LogP contribution in [0.1, 0.15) is 0 Å². The standard InChI is InChI=1S/C48H32N2/c1-4-14-33(15-5-1)35-24-26-48-43(31-35)42-21-11-13-23-46(42)50(48)40-29-37(34-16-6-2-7-17-34)28-38(30-40)36-25-27-47-44(32-36)41-20-10-12-22-45(41)49(47)39-18-8-3-9-19-39/h1-32H. The molecule has 2 heterocycles. The Morgan fingerprint density at radius 2 is 0.620 bits per heavy atom. The van der Waals surface area contributed by atoms with Gasteiger partial charge < -0.3 is 9.13 Å². The second-order valence-electron chi connectivity index (χ2n) is 13.0. The number of rotatable bonds is 5. The van der Waals surface area contributed by atoms with Gasteiger partial charge in [0, 0.05) is 32.9 Å². The first-order valence-electron chi connectivity index (χ1n) is 17.2. The third-order valence-electron chi connectivity index (χ3n) is 10.1. The van der Waals surface area contributed by atoms with Gasteiger partial charge in [0.1, 0.15) is 0 Å². The van der Waals surface area contributed by atoms with Gasteiger partial charge in [0.2, 0.25) is 0 Å². The molecule has 8 aromatic carbocycles. The molecule has 0 saturated heterocycles. The molecule has 2 heteroatoms. The van der Waals surface area contributed by atoms with E-state index in [4.69, 9.17) is 0 Å². The minimum absolute atomic E-state index is 1.15. The lowest BCUT2D eigenvalue weighted by atomic mass is 9.96. The van der Waals surface area contributed by atoms with Gasteiger partial charge in [-0.2, -0.15) is 0 Å². The zero-order valence-electron chi connectivity index (χ0n) is 27.4. The van der Waals surface area contributed by atoms with Crippen molar-refractivity contribution in [2.75, 3.05) is 0 Å². The Kier molecular flexibility index (Phi) is 6.53. The van der Waals surface area contributed by atoms with Crippen LogP contribution in [0, 0.1) is 0 Å². The maximum Gasteiger partial charge on any atom is 0.0541 e. The van der Waals surface area contributed by atoms with Gasteiger partial charge >= 0.3 is 0 Å². The molecular formula is C48H32N2. The summed E-state index contributed by atoms with van der Waals surface area (Å²) in [6.45, 7) is 0. The van der Waals surface area contributed by atoms with E-state index in [9.17, 15) is 0 Å². The van der Waals surface area contributed by atoms with Crippen LogP contribution in [0.4, 0.5) is 0 Å². The largest absolute Gasteiger partial charge is 0.309 e. The molecule has 10 aromatic rings. The van der Waals surface area contributed by atoms with Crippen molar-refractivity contribution in [3.63, 3.8) is 0 Å². The summed E-state index contributed by atoms with van der Waals surface area (Å²) in [6.07, 6.45) is 0. The highest BCUT2D eigenvalue weighted by atomic mass is 15.0. The molecule has 0 N–H and O–H groups in total. The van der Waals surface area contributed by atoms with Crippen LogP contribution >= 0.6 is 0 Å². The van der Waals surface area contributed by atoms with Crippen LogP contribution in [0.15, 0.2) is 194 Å². The number of aromatic nitrogens is 2. The summed E-state index contributed by atoms with van der Waals surface area (Å²) in [5.74, 6) is 0. The Balaban J connectivity index is 1.22. The number of benzene rings is 8. The van der Waals surface area contributed by atoms with Crippen molar-refractivity contribution < 1.29 is 0 Å². The first-order valence-corrected chi connectivity index (χ1v) is 17.2. The maximum atomic E-state index is 2.44. The Hall–Kier alpha value is -6.64. The molecule has 2 nitrogen and oxygen atoms in total. The van der Waals surface area contributed by atoms with Gasteiger partial charge in [0.05, 0.1) is 22.1 Å². The number of fused-ring (bicyclic) bond motifs is 6. The van der Waals surface area contributed by atoms with Crippen molar-refractivity contribution in [1.29, 1.82) is 0 Å². The Labute approximate surface area is 290 Å². The lowest BCUT2D eigenvalue weighted by Crippen LogP contribution is -1.96. The monoisotopic (exact) mass is 636 g/mol. The summed E-state index contributed by atoms with van der Waals surface area (Å²) < 4.78 is 4.82. The van der Waals surface area contributed by atoms with Gasteiger partial charge in [0.15, 0.2) is 0 Å². The van der Waals surface area contributed by atoms with Gasteiger partial charge in [-0.1, -0.05) is 127 Å². The first kappa shape index (κ1) is 28.4. The van der Waals surface area contributed by atoms with E-state index in [0.717, 1.165) is 5.69 Å². The second-order valence-corrected chi connectivity index (χ2v) is 13.0. The topological polar surface area (TPSA) is 9.86 Å². The molecule has 50 heavy (non-hydrogen) atoms. The van der Waals surface area contributed by atoms with E-state index in [1.54, 1.807) is 0 Å². The summed E-state index contributed by atoms with van der Waals surface area (Å²) in [5, 5.41) is 5.01. The van der Waals surface area contributed by atoms with Gasteiger partial charge in [-0.05, 0) is 100 Å². The summed E-state index contributed by atoms with van der Waals surface area (Å²) in [4.78, 5) is 0. The van der Waals surface area contributed by atoms with E-state index in [0.29, 0.717) is 0 Å². The third-order valence-corrected chi connectivity index (χ3v) is 10.1. The fourth-order valence-electron chi connectivity index (χ4n) is 7.77. The highest BCUT2D eigenvalue weighted by Crippen LogP contribution is 2.39. The molecule has 2 aromatic heterocycles. The third kappa shape index (κ3) is 4.57. The molecule has 0 saturated carbocycles. The van der Waals surface area contributed by atoms with Crippen LogP contribution in [0.3, 0.4) is 0 Å². The fraction of sp³-hybridized carbons (Fsp3) is 0. The molecule has 0 aliphatic carbocycles. The molecule has 0 aliphatic heterocycles. The average Bonchev–Trinajstić information content (AvgIpc) is 3.71. The summed E-state index contributed by atoms with van der Waals surface area (Å²) in [7, 11) is 0. The maximum absolute atomic E-state index is 2.44. The highest BCUT2D eigenvalue weighted by Gasteiger charge is 2.17. The molecule has 0 atom stereocenters. The Morgan fingerprint density at radius 1 is 0.220 bits per heavy atom. The Bertz CT molecular complexity index is 2840. The lowest BCUT2D eigenvalue weighted by molar-refractivity contribution is 1.18. The van der Waals surface area contributed by atoms with Gasteiger partial charge in [-0.25, -0.2) is 0 Å². The number of hydrogen-bond donors (Lipinski definition) is 0. The van der Waals surface area contributed by atoms with Crippen LogP contribution in [0.25, 0.3) is 88.4 Å². The SMILES string of the molecule is c1ccc(-c2cc(-c3ccc4c(c3)c3ccccc3n4-c3ccccc3)cc(-n3c4ccccc4c4cc(-c5ccccc5)ccc43)c2)cc1. The van der Waals surface area contributed by atoms with E-state index in [1.807, 2.05) is 0 Å². The molecule has 234 valence electrons.